The van der Waals surface area contributed by atoms with Crippen molar-refractivity contribution in [1.29, 1.82) is 0 Å². The molecule has 23 heavy (non-hydrogen) atoms. The smallest absolute Gasteiger partial charge is 0.233 e. The molecule has 1 amide bonds. The van der Waals surface area contributed by atoms with Gasteiger partial charge in [-0.3, -0.25) is 4.79 Å². The summed E-state index contributed by atoms with van der Waals surface area (Å²) in [5.41, 5.74) is 1.86. The Morgan fingerprint density at radius 3 is 2.52 bits per heavy atom. The number of thioether (sulfide) groups is 1. The van der Waals surface area contributed by atoms with Crippen LogP contribution in [0.5, 0.6) is 0 Å². The molecule has 0 radical (unpaired) electrons. The number of hydrogen-bond acceptors (Lipinski definition) is 4. The molecule has 128 valence electrons. The van der Waals surface area contributed by atoms with Crippen molar-refractivity contribution in [3.63, 3.8) is 0 Å². The van der Waals surface area contributed by atoms with E-state index in [0.29, 0.717) is 0 Å². The molecule has 0 spiro atoms. The fourth-order valence-electron chi connectivity index (χ4n) is 2.72. The molecule has 1 fully saturated rings. The van der Waals surface area contributed by atoms with E-state index in [-0.39, 0.29) is 23.0 Å². The number of amides is 1. The first-order valence-electron chi connectivity index (χ1n) is 7.98. The maximum Gasteiger partial charge on any atom is 0.233 e. The van der Waals surface area contributed by atoms with E-state index in [9.17, 15) is 9.18 Å². The summed E-state index contributed by atoms with van der Waals surface area (Å²) in [6.07, 6.45) is 1.91. The number of rotatable bonds is 5. The molecular formula is C17H26FN3OS. The number of benzene rings is 1. The second kappa shape index (κ2) is 8.02. The zero-order valence-corrected chi connectivity index (χ0v) is 15.1. The molecule has 1 saturated heterocycles. The van der Waals surface area contributed by atoms with E-state index in [1.165, 1.54) is 17.8 Å². The van der Waals surface area contributed by atoms with Gasteiger partial charge in [0.05, 0.1) is 11.3 Å². The number of halogens is 1. The van der Waals surface area contributed by atoms with Gasteiger partial charge in [-0.2, -0.15) is 11.8 Å². The van der Waals surface area contributed by atoms with Gasteiger partial charge in [-0.15, -0.1) is 0 Å². The standard InChI is InChI=1S/C17H26FN3OS/c1-12(19-17(22)13(2)23-4)15-11-14(18)5-6-16(15)21-9-7-20(3)8-10-21/h5-6,11-13H,7-10H2,1-4H3,(H,19,22)/t12-,13+/m0/s1. The van der Waals surface area contributed by atoms with E-state index in [1.54, 1.807) is 6.07 Å². The van der Waals surface area contributed by atoms with Crippen molar-refractivity contribution >= 4 is 23.4 Å². The third-order valence-corrected chi connectivity index (χ3v) is 5.30. The van der Waals surface area contributed by atoms with Crippen LogP contribution in [0.25, 0.3) is 0 Å². The SMILES string of the molecule is CS[C@H](C)C(=O)N[C@@H](C)c1cc(F)ccc1N1CCN(C)CC1. The minimum absolute atomic E-state index is 0.0152. The number of nitrogens with zero attached hydrogens (tertiary/aromatic N) is 2. The summed E-state index contributed by atoms with van der Waals surface area (Å²) in [7, 11) is 2.11. The summed E-state index contributed by atoms with van der Waals surface area (Å²) in [5, 5.41) is 2.89. The number of nitrogens with one attached hydrogen (secondary N) is 1. The summed E-state index contributed by atoms with van der Waals surface area (Å²) in [6.45, 7) is 7.59. The van der Waals surface area contributed by atoms with Crippen LogP contribution in [-0.2, 0) is 4.79 Å². The van der Waals surface area contributed by atoms with Crippen LogP contribution in [0.4, 0.5) is 10.1 Å². The van der Waals surface area contributed by atoms with E-state index in [1.807, 2.05) is 26.2 Å². The minimum Gasteiger partial charge on any atom is -0.369 e. The van der Waals surface area contributed by atoms with Crippen molar-refractivity contribution in [2.45, 2.75) is 25.1 Å². The van der Waals surface area contributed by atoms with Gasteiger partial charge in [0.25, 0.3) is 0 Å². The maximum atomic E-state index is 13.8. The normalized spacial score (nSPS) is 18.6. The fourth-order valence-corrected chi connectivity index (χ4v) is 3.01. The molecule has 0 bridgehead atoms. The lowest BCUT2D eigenvalue weighted by Gasteiger charge is -2.36. The van der Waals surface area contributed by atoms with Gasteiger partial charge in [0.1, 0.15) is 5.82 Å². The van der Waals surface area contributed by atoms with Crippen LogP contribution < -0.4 is 10.2 Å². The topological polar surface area (TPSA) is 35.6 Å². The van der Waals surface area contributed by atoms with Crippen LogP contribution in [0.2, 0.25) is 0 Å². The first kappa shape index (κ1) is 18.1. The van der Waals surface area contributed by atoms with Crippen LogP contribution in [0.3, 0.4) is 0 Å². The highest BCUT2D eigenvalue weighted by atomic mass is 32.2. The molecule has 6 heteroatoms. The van der Waals surface area contributed by atoms with E-state index in [0.717, 1.165) is 37.4 Å². The van der Waals surface area contributed by atoms with E-state index < -0.39 is 0 Å². The Hall–Kier alpha value is -1.27. The number of likely N-dealkylation sites (N-methyl/N-ethyl adjacent to an activating group) is 1. The molecule has 0 aromatic heterocycles. The Labute approximate surface area is 142 Å². The second-order valence-corrected chi connectivity index (χ2v) is 7.28. The molecule has 4 nitrogen and oxygen atoms in total. The third-order valence-electron chi connectivity index (χ3n) is 4.38. The minimum atomic E-state index is -0.267. The van der Waals surface area contributed by atoms with Gasteiger partial charge in [0.2, 0.25) is 5.91 Å². The Balaban J connectivity index is 2.19. The van der Waals surface area contributed by atoms with Crippen molar-refractivity contribution in [3.8, 4) is 0 Å². The quantitative estimate of drug-likeness (QED) is 0.894. The lowest BCUT2D eigenvalue weighted by molar-refractivity contribution is -0.120. The zero-order chi connectivity index (χ0) is 17.0. The maximum absolute atomic E-state index is 13.8. The van der Waals surface area contributed by atoms with Crippen LogP contribution >= 0.6 is 11.8 Å². The molecule has 1 N–H and O–H groups in total. The predicted molar refractivity (Wildman–Crippen MR) is 95.6 cm³/mol. The van der Waals surface area contributed by atoms with Crippen molar-refractivity contribution in [3.05, 3.63) is 29.6 Å². The van der Waals surface area contributed by atoms with Crippen LogP contribution in [-0.4, -0.2) is 55.5 Å². The second-order valence-electron chi connectivity index (χ2n) is 6.10. The molecule has 0 saturated carbocycles. The Morgan fingerprint density at radius 1 is 1.26 bits per heavy atom. The first-order valence-corrected chi connectivity index (χ1v) is 9.27. The number of piperazine rings is 1. The molecule has 0 unspecified atom stereocenters. The summed E-state index contributed by atoms with van der Waals surface area (Å²) in [5.74, 6) is -0.282. The lowest BCUT2D eigenvalue weighted by Crippen LogP contribution is -2.45. The summed E-state index contributed by atoms with van der Waals surface area (Å²) >= 11 is 1.50. The average Bonchev–Trinajstić information content (AvgIpc) is 2.54. The van der Waals surface area contributed by atoms with Gasteiger partial charge >= 0.3 is 0 Å². The molecular weight excluding hydrogens is 313 g/mol. The largest absolute Gasteiger partial charge is 0.369 e. The number of anilines is 1. The lowest BCUT2D eigenvalue weighted by atomic mass is 10.0. The van der Waals surface area contributed by atoms with Gasteiger partial charge in [-0.05, 0) is 45.4 Å². The number of carbonyl (C=O) groups excluding carboxylic acids is 1. The molecule has 1 aromatic rings. The van der Waals surface area contributed by atoms with Crippen LogP contribution in [0, 0.1) is 5.82 Å². The molecule has 1 aromatic carbocycles. The molecule has 1 aliphatic rings. The summed E-state index contributed by atoms with van der Waals surface area (Å²) < 4.78 is 13.8. The van der Waals surface area contributed by atoms with Gasteiger partial charge in [-0.25, -0.2) is 4.39 Å². The Bertz CT molecular complexity index is 547. The zero-order valence-electron chi connectivity index (χ0n) is 14.3. The van der Waals surface area contributed by atoms with E-state index >= 15 is 0 Å². The highest BCUT2D eigenvalue weighted by molar-refractivity contribution is 7.99. The summed E-state index contributed by atoms with van der Waals surface area (Å²) in [4.78, 5) is 16.7. The van der Waals surface area contributed by atoms with Gasteiger partial charge < -0.3 is 15.1 Å². The van der Waals surface area contributed by atoms with Crippen molar-refractivity contribution in [2.24, 2.45) is 0 Å². The Morgan fingerprint density at radius 2 is 1.91 bits per heavy atom. The summed E-state index contributed by atoms with van der Waals surface area (Å²) in [6, 6.07) is 4.65. The van der Waals surface area contributed by atoms with Crippen LogP contribution in [0.15, 0.2) is 18.2 Å². The Kier molecular flexibility index (Phi) is 6.30. The fraction of sp³-hybridized carbons (Fsp3) is 0.588. The van der Waals surface area contributed by atoms with Gasteiger partial charge in [-0.1, -0.05) is 0 Å². The van der Waals surface area contributed by atoms with Gasteiger partial charge in [0.15, 0.2) is 0 Å². The van der Waals surface area contributed by atoms with Crippen LogP contribution in [0.1, 0.15) is 25.5 Å². The predicted octanol–water partition coefficient (Wildman–Crippen LogP) is 2.51. The van der Waals surface area contributed by atoms with Crippen molar-refractivity contribution in [2.75, 3.05) is 44.4 Å². The molecule has 1 heterocycles. The highest BCUT2D eigenvalue weighted by Crippen LogP contribution is 2.28. The molecule has 0 aliphatic carbocycles. The van der Waals surface area contributed by atoms with Crippen molar-refractivity contribution < 1.29 is 9.18 Å². The monoisotopic (exact) mass is 339 g/mol. The molecule has 2 rings (SSSR count). The van der Waals surface area contributed by atoms with E-state index in [2.05, 4.69) is 22.2 Å². The first-order chi connectivity index (χ1) is 10.9. The van der Waals surface area contributed by atoms with E-state index in [4.69, 9.17) is 0 Å². The number of carbonyl (C=O) groups is 1. The molecule has 1 aliphatic heterocycles. The highest BCUT2D eigenvalue weighted by Gasteiger charge is 2.22. The third kappa shape index (κ3) is 4.61. The number of hydrogen-bond donors (Lipinski definition) is 1. The average molecular weight is 339 g/mol. The van der Waals surface area contributed by atoms with Crippen molar-refractivity contribution in [1.82, 2.24) is 10.2 Å². The van der Waals surface area contributed by atoms with Gasteiger partial charge in [0, 0.05) is 37.4 Å². The molecule has 2 atom stereocenters.